The molecule has 0 radical (unpaired) electrons. The number of nitrogens with zero attached hydrogens (tertiary/aromatic N) is 2. The van der Waals surface area contributed by atoms with Crippen molar-refractivity contribution >= 4 is 16.7 Å². The van der Waals surface area contributed by atoms with E-state index in [0.717, 1.165) is 0 Å². The maximum Gasteiger partial charge on any atom is 0.298 e. The monoisotopic (exact) mass is 250 g/mol. The van der Waals surface area contributed by atoms with Crippen molar-refractivity contribution in [3.8, 4) is 0 Å². The van der Waals surface area contributed by atoms with Gasteiger partial charge in [0.25, 0.3) is 11.2 Å². The first-order valence-corrected chi connectivity index (χ1v) is 5.04. The van der Waals surface area contributed by atoms with Gasteiger partial charge in [-0.3, -0.25) is 14.9 Å². The largest absolute Gasteiger partial charge is 0.409 e. The van der Waals surface area contributed by atoms with Crippen LogP contribution in [-0.2, 0) is 0 Å². The lowest BCUT2D eigenvalue weighted by Crippen LogP contribution is -2.30. The van der Waals surface area contributed by atoms with Gasteiger partial charge in [0.05, 0.1) is 10.4 Å². The zero-order valence-electron chi connectivity index (χ0n) is 9.64. The number of aryl methyl sites for hydroxylation is 1. The number of rotatable bonds is 1. The fourth-order valence-electron chi connectivity index (χ4n) is 1.78. The van der Waals surface area contributed by atoms with Crippen LogP contribution in [0, 0.1) is 24.0 Å². The summed E-state index contributed by atoms with van der Waals surface area (Å²) in [5.41, 5.74) is 0.409. The van der Waals surface area contributed by atoms with E-state index >= 15 is 0 Å². The second-order valence-electron chi connectivity index (χ2n) is 3.87. The van der Waals surface area contributed by atoms with E-state index in [1.807, 2.05) is 0 Å². The fourth-order valence-corrected chi connectivity index (χ4v) is 1.78. The van der Waals surface area contributed by atoms with Crippen molar-refractivity contribution in [1.82, 2.24) is 9.97 Å². The van der Waals surface area contributed by atoms with Gasteiger partial charge >= 0.3 is 0 Å². The standard InChI is InChI=1S/C10H10N4O4/c1-4-3-6-7(8(5(4)2)14(17)18)12-9(13-16)10(15)11-6/h3,16H,1-2H3,(H,11,15)(H,12,13). The maximum atomic E-state index is 11.4. The summed E-state index contributed by atoms with van der Waals surface area (Å²) in [6, 6.07) is 1.62. The summed E-state index contributed by atoms with van der Waals surface area (Å²) >= 11 is 0. The number of nitro benzene ring substituents is 1. The van der Waals surface area contributed by atoms with Crippen LogP contribution in [-0.4, -0.2) is 20.1 Å². The first-order valence-electron chi connectivity index (χ1n) is 5.04. The number of aromatic amines is 2. The topological polar surface area (TPSA) is 124 Å². The molecular formula is C10H10N4O4. The third-order valence-corrected chi connectivity index (χ3v) is 2.80. The van der Waals surface area contributed by atoms with Gasteiger partial charge in [0.15, 0.2) is 0 Å². The van der Waals surface area contributed by atoms with Crippen molar-refractivity contribution in [3.05, 3.63) is 43.1 Å². The molecule has 0 saturated carbocycles. The van der Waals surface area contributed by atoms with Gasteiger partial charge in [0.1, 0.15) is 5.52 Å². The lowest BCUT2D eigenvalue weighted by molar-refractivity contribution is -0.383. The van der Waals surface area contributed by atoms with Crippen molar-refractivity contribution in [3.63, 3.8) is 0 Å². The lowest BCUT2D eigenvalue weighted by atomic mass is 10.1. The van der Waals surface area contributed by atoms with E-state index in [4.69, 9.17) is 5.21 Å². The number of aromatic nitrogens is 2. The minimum absolute atomic E-state index is 0.121. The van der Waals surface area contributed by atoms with Gasteiger partial charge in [-0.25, -0.2) is 0 Å². The van der Waals surface area contributed by atoms with Crippen LogP contribution in [0.2, 0.25) is 0 Å². The van der Waals surface area contributed by atoms with E-state index in [9.17, 15) is 14.9 Å². The Kier molecular flexibility index (Phi) is 2.62. The van der Waals surface area contributed by atoms with E-state index in [2.05, 4.69) is 15.1 Å². The molecule has 0 aliphatic heterocycles. The number of benzene rings is 1. The van der Waals surface area contributed by atoms with E-state index in [1.165, 1.54) is 0 Å². The van der Waals surface area contributed by atoms with Crippen LogP contribution in [0.15, 0.2) is 16.0 Å². The predicted molar refractivity (Wildman–Crippen MR) is 62.4 cm³/mol. The Morgan fingerprint density at radius 1 is 1.39 bits per heavy atom. The molecule has 18 heavy (non-hydrogen) atoms. The molecule has 1 aromatic carbocycles. The molecule has 0 fully saturated rings. The maximum absolute atomic E-state index is 11.4. The molecule has 8 nitrogen and oxygen atoms in total. The average Bonchev–Trinajstić information content (AvgIpc) is 2.30. The third-order valence-electron chi connectivity index (χ3n) is 2.80. The number of hydrogen-bond donors (Lipinski definition) is 3. The average molecular weight is 250 g/mol. The van der Waals surface area contributed by atoms with Gasteiger partial charge < -0.3 is 15.2 Å². The summed E-state index contributed by atoms with van der Waals surface area (Å²) < 4.78 is 0. The Morgan fingerprint density at radius 3 is 2.61 bits per heavy atom. The van der Waals surface area contributed by atoms with Gasteiger partial charge in [-0.05, 0) is 25.5 Å². The molecule has 2 aromatic rings. The molecule has 94 valence electrons. The van der Waals surface area contributed by atoms with Crippen molar-refractivity contribution in [2.24, 2.45) is 5.16 Å². The molecule has 0 aliphatic carbocycles. The van der Waals surface area contributed by atoms with Gasteiger partial charge in [-0.15, -0.1) is 0 Å². The van der Waals surface area contributed by atoms with Gasteiger partial charge in [-0.2, -0.15) is 0 Å². The molecule has 0 atom stereocenters. The smallest absolute Gasteiger partial charge is 0.298 e. The van der Waals surface area contributed by atoms with Crippen LogP contribution in [0.25, 0.3) is 11.0 Å². The molecule has 1 heterocycles. The van der Waals surface area contributed by atoms with Crippen molar-refractivity contribution < 1.29 is 10.1 Å². The second-order valence-corrected chi connectivity index (χ2v) is 3.87. The van der Waals surface area contributed by atoms with Crippen LogP contribution < -0.4 is 11.0 Å². The van der Waals surface area contributed by atoms with Crippen molar-refractivity contribution in [2.45, 2.75) is 13.8 Å². The quantitative estimate of drug-likeness (QED) is 0.390. The second kappa shape index (κ2) is 3.99. The highest BCUT2D eigenvalue weighted by molar-refractivity contribution is 5.86. The molecule has 1 aromatic heterocycles. The number of hydrogen-bond acceptors (Lipinski definition) is 5. The van der Waals surface area contributed by atoms with E-state index in [0.29, 0.717) is 16.6 Å². The molecule has 3 N–H and O–H groups in total. The minimum atomic E-state index is -0.650. The number of nitrogens with one attached hydrogen (secondary N) is 2. The summed E-state index contributed by atoms with van der Waals surface area (Å²) in [6.45, 7) is 3.33. The van der Waals surface area contributed by atoms with Crippen LogP contribution in [0.5, 0.6) is 0 Å². The van der Waals surface area contributed by atoms with Crippen molar-refractivity contribution in [1.29, 1.82) is 0 Å². The Bertz CT molecular complexity index is 772. The zero-order chi connectivity index (χ0) is 13.4. The van der Waals surface area contributed by atoms with Gasteiger partial charge in [0, 0.05) is 5.56 Å². The molecule has 0 spiro atoms. The third kappa shape index (κ3) is 1.63. The Morgan fingerprint density at radius 2 is 2.06 bits per heavy atom. The minimum Gasteiger partial charge on any atom is -0.409 e. The number of nitro groups is 1. The van der Waals surface area contributed by atoms with E-state index < -0.39 is 10.5 Å². The van der Waals surface area contributed by atoms with Gasteiger partial charge in [0.2, 0.25) is 5.49 Å². The highest BCUT2D eigenvalue weighted by Crippen LogP contribution is 2.27. The zero-order valence-corrected chi connectivity index (χ0v) is 9.64. The normalized spacial score (nSPS) is 12.0. The summed E-state index contributed by atoms with van der Waals surface area (Å²) in [4.78, 5) is 26.9. The summed E-state index contributed by atoms with van der Waals surface area (Å²) in [7, 11) is 0. The molecule has 0 unspecified atom stereocenters. The number of H-pyrrole nitrogens is 2. The summed E-state index contributed by atoms with van der Waals surface area (Å²) in [5.74, 6) is 0. The van der Waals surface area contributed by atoms with Gasteiger partial charge in [-0.1, -0.05) is 5.16 Å². The van der Waals surface area contributed by atoms with Crippen LogP contribution in [0.3, 0.4) is 0 Å². The molecule has 0 aliphatic rings. The Balaban J connectivity index is 3.09. The predicted octanol–water partition coefficient (Wildman–Crippen LogP) is 0.671. The molecule has 8 heteroatoms. The number of fused-ring (bicyclic) bond motifs is 1. The highest BCUT2D eigenvalue weighted by Gasteiger charge is 2.19. The van der Waals surface area contributed by atoms with Crippen LogP contribution >= 0.6 is 0 Å². The summed E-state index contributed by atoms with van der Waals surface area (Å²) in [5, 5.41) is 22.5. The van der Waals surface area contributed by atoms with Crippen LogP contribution in [0.4, 0.5) is 5.69 Å². The van der Waals surface area contributed by atoms with Crippen molar-refractivity contribution in [2.75, 3.05) is 0 Å². The molecule has 0 saturated heterocycles. The molecular weight excluding hydrogens is 240 g/mol. The first-order chi connectivity index (χ1) is 8.45. The highest BCUT2D eigenvalue weighted by atomic mass is 16.6. The van der Waals surface area contributed by atoms with E-state index in [1.54, 1.807) is 19.9 Å². The molecule has 0 amide bonds. The SMILES string of the molecule is Cc1cc2[nH]c(=O)/c(=N/O)[nH]c2c([N+](=O)[O-])c1C. The Hall–Kier alpha value is -2.64. The lowest BCUT2D eigenvalue weighted by Gasteiger charge is -2.05. The fraction of sp³-hybridized carbons (Fsp3) is 0.200. The molecule has 2 rings (SSSR count). The van der Waals surface area contributed by atoms with E-state index in [-0.39, 0.29) is 16.7 Å². The first kappa shape index (κ1) is 11.8. The van der Waals surface area contributed by atoms with Crippen LogP contribution in [0.1, 0.15) is 11.1 Å². The molecule has 0 bridgehead atoms. The Labute approximate surface area is 99.7 Å². The summed E-state index contributed by atoms with van der Waals surface area (Å²) in [6.07, 6.45) is 0.